The molecule has 1 aromatic carbocycles. The zero-order chi connectivity index (χ0) is 12.3. The van der Waals surface area contributed by atoms with Crippen LogP contribution < -0.4 is 10.1 Å². The normalized spacial score (nSPS) is 11.0. The summed E-state index contributed by atoms with van der Waals surface area (Å²) in [6.07, 6.45) is 2.27. The fourth-order valence-electron chi connectivity index (χ4n) is 2.20. The van der Waals surface area contributed by atoms with Gasteiger partial charge in [-0.2, -0.15) is 0 Å². The number of hydrogen-bond donors (Lipinski definition) is 1. The number of rotatable bonds is 5. The van der Waals surface area contributed by atoms with Gasteiger partial charge in [-0.05, 0) is 50.7 Å². The molecule has 1 aromatic heterocycles. The highest BCUT2D eigenvalue weighted by atomic mass is 16.5. The first-order chi connectivity index (χ1) is 8.26. The number of hydrogen-bond acceptors (Lipinski definition) is 2. The van der Waals surface area contributed by atoms with Crippen molar-refractivity contribution in [3.8, 4) is 5.75 Å². The minimum Gasteiger partial charge on any atom is -0.497 e. The van der Waals surface area contributed by atoms with Gasteiger partial charge in [-0.1, -0.05) is 0 Å². The zero-order valence-electron chi connectivity index (χ0n) is 10.8. The van der Waals surface area contributed by atoms with E-state index in [-0.39, 0.29) is 0 Å². The van der Waals surface area contributed by atoms with E-state index in [0.717, 1.165) is 25.1 Å². The lowest BCUT2D eigenvalue weighted by Gasteiger charge is -2.04. The monoisotopic (exact) mass is 232 g/mol. The summed E-state index contributed by atoms with van der Waals surface area (Å²) in [5.41, 5.74) is 2.65. The van der Waals surface area contributed by atoms with Crippen LogP contribution in [0.15, 0.2) is 24.3 Å². The second-order valence-electron chi connectivity index (χ2n) is 4.33. The predicted octanol–water partition coefficient (Wildman–Crippen LogP) is 2.34. The Bertz CT molecular complexity index is 502. The Morgan fingerprint density at radius 2 is 2.12 bits per heavy atom. The summed E-state index contributed by atoms with van der Waals surface area (Å²) >= 11 is 0. The highest BCUT2D eigenvalue weighted by Gasteiger charge is 2.06. The third-order valence-electron chi connectivity index (χ3n) is 3.21. The van der Waals surface area contributed by atoms with E-state index in [4.69, 9.17) is 4.74 Å². The molecule has 92 valence electrons. The largest absolute Gasteiger partial charge is 0.497 e. The van der Waals surface area contributed by atoms with Crippen molar-refractivity contribution in [2.45, 2.75) is 12.8 Å². The molecule has 1 N–H and O–H groups in total. The standard InChI is InChI=1S/C14H20N2O/c1-15-8-4-5-12-9-11-10-13(17-3)6-7-14(11)16(12)2/h6-7,9-10,15H,4-5,8H2,1-3H3. The van der Waals surface area contributed by atoms with Crippen molar-refractivity contribution in [2.24, 2.45) is 7.05 Å². The minimum absolute atomic E-state index is 0.921. The molecule has 0 aliphatic rings. The second kappa shape index (κ2) is 5.23. The van der Waals surface area contributed by atoms with E-state index in [2.05, 4.69) is 35.1 Å². The molecule has 0 unspecified atom stereocenters. The molecule has 0 amide bonds. The molecule has 2 aromatic rings. The second-order valence-corrected chi connectivity index (χ2v) is 4.33. The Morgan fingerprint density at radius 3 is 2.82 bits per heavy atom. The molecule has 0 radical (unpaired) electrons. The van der Waals surface area contributed by atoms with E-state index in [9.17, 15) is 0 Å². The van der Waals surface area contributed by atoms with Crippen LogP contribution in [0.4, 0.5) is 0 Å². The van der Waals surface area contributed by atoms with Gasteiger partial charge in [0.25, 0.3) is 0 Å². The van der Waals surface area contributed by atoms with Crippen LogP contribution in [0.1, 0.15) is 12.1 Å². The summed E-state index contributed by atoms with van der Waals surface area (Å²) in [4.78, 5) is 0. The number of nitrogens with zero attached hydrogens (tertiary/aromatic N) is 1. The third kappa shape index (κ3) is 2.44. The van der Waals surface area contributed by atoms with Crippen LogP contribution in [0.25, 0.3) is 10.9 Å². The lowest BCUT2D eigenvalue weighted by Crippen LogP contribution is -2.09. The fraction of sp³-hybridized carbons (Fsp3) is 0.429. The summed E-state index contributed by atoms with van der Waals surface area (Å²) in [7, 11) is 5.83. The molecule has 2 rings (SSSR count). The topological polar surface area (TPSA) is 26.2 Å². The van der Waals surface area contributed by atoms with Gasteiger partial charge in [0, 0.05) is 23.6 Å². The number of fused-ring (bicyclic) bond motifs is 1. The molecule has 0 spiro atoms. The minimum atomic E-state index is 0.921. The van der Waals surface area contributed by atoms with Crippen molar-refractivity contribution < 1.29 is 4.74 Å². The average Bonchev–Trinajstić information content (AvgIpc) is 2.66. The first kappa shape index (κ1) is 12.0. The Labute approximate surface area is 102 Å². The Balaban J connectivity index is 2.28. The predicted molar refractivity (Wildman–Crippen MR) is 71.7 cm³/mol. The van der Waals surface area contributed by atoms with Crippen LogP contribution in [0.2, 0.25) is 0 Å². The van der Waals surface area contributed by atoms with Gasteiger partial charge < -0.3 is 14.6 Å². The van der Waals surface area contributed by atoms with Gasteiger partial charge in [0.05, 0.1) is 7.11 Å². The van der Waals surface area contributed by atoms with E-state index >= 15 is 0 Å². The van der Waals surface area contributed by atoms with E-state index < -0.39 is 0 Å². The van der Waals surface area contributed by atoms with Crippen molar-refractivity contribution >= 4 is 10.9 Å². The first-order valence-corrected chi connectivity index (χ1v) is 6.03. The Kier molecular flexibility index (Phi) is 3.69. The lowest BCUT2D eigenvalue weighted by molar-refractivity contribution is 0.415. The van der Waals surface area contributed by atoms with E-state index in [1.165, 1.54) is 16.6 Å². The molecule has 0 bridgehead atoms. The van der Waals surface area contributed by atoms with Crippen LogP contribution in [0.5, 0.6) is 5.75 Å². The van der Waals surface area contributed by atoms with Crippen molar-refractivity contribution in [1.82, 2.24) is 9.88 Å². The molecule has 3 heteroatoms. The quantitative estimate of drug-likeness (QED) is 0.801. The highest BCUT2D eigenvalue weighted by molar-refractivity contribution is 5.82. The number of nitrogens with one attached hydrogen (secondary N) is 1. The molecule has 0 saturated carbocycles. The molecule has 0 saturated heterocycles. The lowest BCUT2D eigenvalue weighted by atomic mass is 10.2. The van der Waals surface area contributed by atoms with Crippen LogP contribution in [0.3, 0.4) is 0 Å². The molecule has 0 fully saturated rings. The smallest absolute Gasteiger partial charge is 0.119 e. The summed E-state index contributed by atoms with van der Waals surface area (Å²) in [5, 5.41) is 4.44. The van der Waals surface area contributed by atoms with Gasteiger partial charge in [0.2, 0.25) is 0 Å². The summed E-state index contributed by atoms with van der Waals surface area (Å²) in [6, 6.07) is 8.49. The van der Waals surface area contributed by atoms with E-state index in [1.54, 1.807) is 7.11 Å². The van der Waals surface area contributed by atoms with Crippen molar-refractivity contribution in [2.75, 3.05) is 20.7 Å². The summed E-state index contributed by atoms with van der Waals surface area (Å²) in [6.45, 7) is 1.06. The molecule has 3 nitrogen and oxygen atoms in total. The van der Waals surface area contributed by atoms with Crippen LogP contribution >= 0.6 is 0 Å². The molecule has 0 aliphatic carbocycles. The average molecular weight is 232 g/mol. The van der Waals surface area contributed by atoms with E-state index in [1.807, 2.05) is 13.1 Å². The molecule has 1 heterocycles. The molecular formula is C14H20N2O. The van der Waals surface area contributed by atoms with E-state index in [0.29, 0.717) is 0 Å². The number of aromatic nitrogens is 1. The van der Waals surface area contributed by atoms with Crippen LogP contribution in [0, 0.1) is 0 Å². The van der Waals surface area contributed by atoms with Gasteiger partial charge in [-0.3, -0.25) is 0 Å². The highest BCUT2D eigenvalue weighted by Crippen LogP contribution is 2.24. The molecule has 0 aliphatic heterocycles. The molecular weight excluding hydrogens is 212 g/mol. The Hall–Kier alpha value is -1.48. The summed E-state index contributed by atoms with van der Waals surface area (Å²) in [5.74, 6) is 0.921. The van der Waals surface area contributed by atoms with Crippen molar-refractivity contribution in [3.05, 3.63) is 30.0 Å². The SMILES string of the molecule is CNCCCc1cc2cc(OC)ccc2n1C. The number of methoxy groups -OCH3 is 1. The van der Waals surface area contributed by atoms with Crippen molar-refractivity contribution in [1.29, 1.82) is 0 Å². The maximum absolute atomic E-state index is 5.25. The van der Waals surface area contributed by atoms with Gasteiger partial charge in [-0.25, -0.2) is 0 Å². The van der Waals surface area contributed by atoms with Crippen molar-refractivity contribution in [3.63, 3.8) is 0 Å². The van der Waals surface area contributed by atoms with Crippen LogP contribution in [-0.2, 0) is 13.5 Å². The van der Waals surface area contributed by atoms with Gasteiger partial charge in [0.15, 0.2) is 0 Å². The molecule has 17 heavy (non-hydrogen) atoms. The maximum atomic E-state index is 5.25. The number of benzene rings is 1. The molecule has 0 atom stereocenters. The fourth-order valence-corrected chi connectivity index (χ4v) is 2.20. The van der Waals surface area contributed by atoms with Gasteiger partial charge in [0.1, 0.15) is 5.75 Å². The Morgan fingerprint density at radius 1 is 1.29 bits per heavy atom. The third-order valence-corrected chi connectivity index (χ3v) is 3.21. The van der Waals surface area contributed by atoms with Gasteiger partial charge in [-0.15, -0.1) is 0 Å². The number of ether oxygens (including phenoxy) is 1. The number of aryl methyl sites for hydroxylation is 2. The summed E-state index contributed by atoms with van der Waals surface area (Å²) < 4.78 is 7.52. The maximum Gasteiger partial charge on any atom is 0.119 e. The first-order valence-electron chi connectivity index (χ1n) is 6.03. The zero-order valence-corrected chi connectivity index (χ0v) is 10.8. The van der Waals surface area contributed by atoms with Crippen LogP contribution in [-0.4, -0.2) is 25.3 Å². The van der Waals surface area contributed by atoms with Gasteiger partial charge >= 0.3 is 0 Å².